The predicted octanol–water partition coefficient (Wildman–Crippen LogP) is 2.91. The molecular weight excluding hydrogens is 292 g/mol. The number of carbonyl (C=O) groups excluding carboxylic acids is 1. The van der Waals surface area contributed by atoms with Crippen LogP contribution in [0.2, 0.25) is 0 Å². The van der Waals surface area contributed by atoms with Crippen LogP contribution in [0.1, 0.15) is 25.7 Å². The normalized spacial score (nSPS) is 31.2. The molecule has 0 aromatic rings. The Kier molecular flexibility index (Phi) is 4.39. The maximum Gasteiger partial charge on any atom is 0.255 e. The van der Waals surface area contributed by atoms with E-state index >= 15 is 0 Å². The van der Waals surface area contributed by atoms with E-state index in [-0.39, 0.29) is 11.8 Å². The smallest absolute Gasteiger partial charge is 0.255 e. The third-order valence-electron chi connectivity index (χ3n) is 4.08. The molecule has 2 nitrogen and oxygen atoms in total. The summed E-state index contributed by atoms with van der Waals surface area (Å²) < 4.78 is 24.9. The van der Waals surface area contributed by atoms with Crippen molar-refractivity contribution < 1.29 is 13.6 Å². The van der Waals surface area contributed by atoms with Crippen LogP contribution < -0.4 is 0 Å². The Morgan fingerprint density at radius 2 is 2.12 bits per heavy atom. The fourth-order valence-electron chi connectivity index (χ4n) is 3.34. The molecule has 0 saturated heterocycles. The number of halogens is 3. The number of hydrogen-bond donors (Lipinski definition) is 0. The van der Waals surface area contributed by atoms with Crippen LogP contribution in [0.4, 0.5) is 8.78 Å². The van der Waals surface area contributed by atoms with E-state index in [1.165, 1.54) is 11.3 Å². The van der Waals surface area contributed by atoms with Gasteiger partial charge in [-0.3, -0.25) is 4.79 Å². The first-order chi connectivity index (χ1) is 8.11. The zero-order chi connectivity index (χ0) is 12.4. The minimum Gasteiger partial charge on any atom is -0.336 e. The SMILES string of the molecule is O=C(C1CC2CCC1C2)N(CCBr)CC(F)F. The van der Waals surface area contributed by atoms with Crippen molar-refractivity contribution in [3.8, 4) is 0 Å². The van der Waals surface area contributed by atoms with Crippen molar-refractivity contribution in [3.05, 3.63) is 0 Å². The molecule has 2 aliphatic rings. The maximum absolute atomic E-state index is 12.4. The summed E-state index contributed by atoms with van der Waals surface area (Å²) in [4.78, 5) is 13.6. The number of fused-ring (bicyclic) bond motifs is 2. The molecule has 2 rings (SSSR count). The highest BCUT2D eigenvalue weighted by atomic mass is 79.9. The molecule has 3 unspecified atom stereocenters. The Bertz CT molecular complexity index is 288. The lowest BCUT2D eigenvalue weighted by Gasteiger charge is -2.28. The van der Waals surface area contributed by atoms with E-state index < -0.39 is 13.0 Å². The van der Waals surface area contributed by atoms with Gasteiger partial charge in [0.25, 0.3) is 6.43 Å². The summed E-state index contributed by atoms with van der Waals surface area (Å²) in [5.41, 5.74) is 0. The summed E-state index contributed by atoms with van der Waals surface area (Å²) in [6.45, 7) is -0.0324. The van der Waals surface area contributed by atoms with Crippen molar-refractivity contribution in [3.63, 3.8) is 0 Å². The van der Waals surface area contributed by atoms with Gasteiger partial charge in [-0.2, -0.15) is 0 Å². The lowest BCUT2D eigenvalue weighted by Crippen LogP contribution is -2.41. The number of hydrogen-bond acceptors (Lipinski definition) is 1. The third kappa shape index (κ3) is 2.98. The molecule has 0 radical (unpaired) electrons. The molecule has 2 fully saturated rings. The molecule has 0 aliphatic heterocycles. The van der Waals surface area contributed by atoms with E-state index in [9.17, 15) is 13.6 Å². The quantitative estimate of drug-likeness (QED) is 0.715. The molecule has 5 heteroatoms. The van der Waals surface area contributed by atoms with Gasteiger partial charge in [-0.1, -0.05) is 22.4 Å². The molecule has 1 amide bonds. The molecular formula is C12H18BrF2NO. The molecule has 0 aromatic carbocycles. The van der Waals surface area contributed by atoms with Gasteiger partial charge in [0.2, 0.25) is 5.91 Å². The first kappa shape index (κ1) is 13.2. The lowest BCUT2D eigenvalue weighted by atomic mass is 9.88. The van der Waals surface area contributed by atoms with E-state index in [0.717, 1.165) is 19.3 Å². The van der Waals surface area contributed by atoms with Gasteiger partial charge in [-0.05, 0) is 31.1 Å². The first-order valence-electron chi connectivity index (χ1n) is 6.24. The second-order valence-electron chi connectivity index (χ2n) is 5.15. The molecule has 0 heterocycles. The van der Waals surface area contributed by atoms with Crippen molar-refractivity contribution >= 4 is 21.8 Å². The molecule has 0 spiro atoms. The Morgan fingerprint density at radius 1 is 1.35 bits per heavy atom. The highest BCUT2D eigenvalue weighted by Gasteiger charge is 2.44. The van der Waals surface area contributed by atoms with Crippen LogP contribution in [0.15, 0.2) is 0 Å². The zero-order valence-electron chi connectivity index (χ0n) is 9.75. The zero-order valence-corrected chi connectivity index (χ0v) is 11.3. The van der Waals surface area contributed by atoms with Crippen LogP contribution in [0, 0.1) is 17.8 Å². The van der Waals surface area contributed by atoms with Crippen molar-refractivity contribution in [2.24, 2.45) is 17.8 Å². The van der Waals surface area contributed by atoms with Gasteiger partial charge in [0.05, 0.1) is 6.54 Å². The lowest BCUT2D eigenvalue weighted by molar-refractivity contribution is -0.138. The topological polar surface area (TPSA) is 20.3 Å². The first-order valence-corrected chi connectivity index (χ1v) is 7.37. The number of amides is 1. The Morgan fingerprint density at radius 3 is 2.59 bits per heavy atom. The van der Waals surface area contributed by atoms with Gasteiger partial charge in [-0.15, -0.1) is 0 Å². The van der Waals surface area contributed by atoms with Crippen molar-refractivity contribution in [2.75, 3.05) is 18.4 Å². The average molecular weight is 310 g/mol. The van der Waals surface area contributed by atoms with Gasteiger partial charge >= 0.3 is 0 Å². The fraction of sp³-hybridized carbons (Fsp3) is 0.917. The second kappa shape index (κ2) is 5.63. The Hall–Kier alpha value is -0.190. The average Bonchev–Trinajstić information content (AvgIpc) is 2.88. The Labute approximate surface area is 109 Å². The largest absolute Gasteiger partial charge is 0.336 e. The van der Waals surface area contributed by atoms with Crippen LogP contribution in [0.25, 0.3) is 0 Å². The van der Waals surface area contributed by atoms with Gasteiger partial charge in [0.1, 0.15) is 0 Å². The Balaban J connectivity index is 1.96. The molecule has 17 heavy (non-hydrogen) atoms. The van der Waals surface area contributed by atoms with Crippen LogP contribution in [-0.2, 0) is 4.79 Å². The molecule has 2 saturated carbocycles. The summed E-state index contributed by atoms with van der Waals surface area (Å²) in [7, 11) is 0. The van der Waals surface area contributed by atoms with Gasteiger partial charge < -0.3 is 4.90 Å². The monoisotopic (exact) mass is 309 g/mol. The highest BCUT2D eigenvalue weighted by Crippen LogP contribution is 2.48. The van der Waals surface area contributed by atoms with Crippen LogP contribution >= 0.6 is 15.9 Å². The molecule has 0 aromatic heterocycles. The van der Waals surface area contributed by atoms with Gasteiger partial charge in [-0.25, -0.2) is 8.78 Å². The minimum absolute atomic E-state index is 0.0200. The van der Waals surface area contributed by atoms with E-state index in [4.69, 9.17) is 0 Å². The fourth-order valence-corrected chi connectivity index (χ4v) is 3.77. The van der Waals surface area contributed by atoms with Gasteiger partial charge in [0, 0.05) is 17.8 Å². The van der Waals surface area contributed by atoms with E-state index in [2.05, 4.69) is 15.9 Å². The van der Waals surface area contributed by atoms with Crippen molar-refractivity contribution in [1.82, 2.24) is 4.90 Å². The standard InChI is InChI=1S/C12H18BrF2NO/c13-3-4-16(7-11(14)15)12(17)10-6-8-1-2-9(10)5-8/h8-11H,1-7H2. The van der Waals surface area contributed by atoms with Crippen LogP contribution in [0.3, 0.4) is 0 Å². The number of alkyl halides is 3. The molecule has 0 N–H and O–H groups in total. The predicted molar refractivity (Wildman–Crippen MR) is 65.3 cm³/mol. The summed E-state index contributed by atoms with van der Waals surface area (Å²) >= 11 is 3.22. The van der Waals surface area contributed by atoms with Crippen molar-refractivity contribution in [1.29, 1.82) is 0 Å². The van der Waals surface area contributed by atoms with E-state index in [1.807, 2.05) is 0 Å². The van der Waals surface area contributed by atoms with Crippen LogP contribution in [0.5, 0.6) is 0 Å². The minimum atomic E-state index is -2.43. The van der Waals surface area contributed by atoms with Gasteiger partial charge in [0.15, 0.2) is 0 Å². The summed E-state index contributed by atoms with van der Waals surface area (Å²) in [5, 5.41) is 0.562. The molecule has 2 bridgehead atoms. The number of rotatable bonds is 5. The highest BCUT2D eigenvalue weighted by molar-refractivity contribution is 9.09. The number of carbonyl (C=O) groups is 1. The van der Waals surface area contributed by atoms with Crippen LogP contribution in [-0.4, -0.2) is 35.7 Å². The molecule has 3 atom stereocenters. The third-order valence-corrected chi connectivity index (χ3v) is 4.43. The molecule has 98 valence electrons. The van der Waals surface area contributed by atoms with E-state index in [1.54, 1.807) is 0 Å². The summed E-state index contributed by atoms with van der Waals surface area (Å²) in [6, 6.07) is 0. The summed E-state index contributed by atoms with van der Waals surface area (Å²) in [5.74, 6) is 1.11. The summed E-state index contributed by atoms with van der Waals surface area (Å²) in [6.07, 6.45) is 1.95. The number of nitrogens with zero attached hydrogens (tertiary/aromatic N) is 1. The maximum atomic E-state index is 12.4. The van der Waals surface area contributed by atoms with Crippen molar-refractivity contribution in [2.45, 2.75) is 32.1 Å². The molecule has 2 aliphatic carbocycles. The second-order valence-corrected chi connectivity index (χ2v) is 5.94. The van der Waals surface area contributed by atoms with E-state index in [0.29, 0.717) is 23.7 Å².